The van der Waals surface area contributed by atoms with E-state index < -0.39 is 0 Å². The van der Waals surface area contributed by atoms with Crippen molar-refractivity contribution < 1.29 is 9.47 Å². The van der Waals surface area contributed by atoms with Crippen molar-refractivity contribution in [2.24, 2.45) is 5.92 Å². The fourth-order valence-electron chi connectivity index (χ4n) is 3.34. The largest absolute Gasteiger partial charge is 0.454 e. The van der Waals surface area contributed by atoms with Crippen LogP contribution in [0.25, 0.3) is 0 Å². The summed E-state index contributed by atoms with van der Waals surface area (Å²) in [6.07, 6.45) is 6.73. The Balaban J connectivity index is 1.64. The Bertz CT molecular complexity index is 433. The summed E-state index contributed by atoms with van der Waals surface area (Å²) in [4.78, 5) is 0. The van der Waals surface area contributed by atoms with E-state index in [-0.39, 0.29) is 0 Å². The topological polar surface area (TPSA) is 30.5 Å². The first-order valence-corrected chi connectivity index (χ1v) is 7.49. The second kappa shape index (κ2) is 5.83. The molecule has 104 valence electrons. The zero-order chi connectivity index (χ0) is 13.1. The lowest BCUT2D eigenvalue weighted by atomic mass is 9.83. The van der Waals surface area contributed by atoms with Gasteiger partial charge in [0, 0.05) is 18.2 Å². The van der Waals surface area contributed by atoms with E-state index >= 15 is 0 Å². The molecular formula is C16H23NO2. The van der Waals surface area contributed by atoms with Crippen LogP contribution >= 0.6 is 0 Å². The highest BCUT2D eigenvalue weighted by Crippen LogP contribution is 2.35. The molecule has 2 unspecified atom stereocenters. The number of nitrogens with one attached hydrogen (secondary N) is 1. The van der Waals surface area contributed by atoms with E-state index in [2.05, 4.69) is 18.3 Å². The van der Waals surface area contributed by atoms with Crippen LogP contribution in [0.4, 0.5) is 0 Å². The number of ether oxygens (including phenoxy) is 2. The summed E-state index contributed by atoms with van der Waals surface area (Å²) in [5.41, 5.74) is 1.22. The standard InChI is InChI=1S/C16H23NO2/c1-2-12-6-3-4-8-14(12)17-10-13-7-5-9-15-16(13)19-11-18-15/h5,7,9,12,14,17H,2-4,6,8,10-11H2,1H3. The smallest absolute Gasteiger partial charge is 0.231 e. The molecular weight excluding hydrogens is 238 g/mol. The Labute approximate surface area is 115 Å². The highest BCUT2D eigenvalue weighted by Gasteiger charge is 2.24. The third kappa shape index (κ3) is 2.71. The van der Waals surface area contributed by atoms with E-state index in [0.29, 0.717) is 12.8 Å². The third-order valence-corrected chi connectivity index (χ3v) is 4.47. The zero-order valence-corrected chi connectivity index (χ0v) is 11.7. The monoisotopic (exact) mass is 261 g/mol. The van der Waals surface area contributed by atoms with Crippen molar-refractivity contribution in [3.05, 3.63) is 23.8 Å². The van der Waals surface area contributed by atoms with E-state index in [1.165, 1.54) is 37.7 Å². The molecule has 1 aliphatic heterocycles. The first-order valence-electron chi connectivity index (χ1n) is 7.49. The second-order valence-corrected chi connectivity index (χ2v) is 5.59. The molecule has 0 bridgehead atoms. The maximum absolute atomic E-state index is 5.56. The van der Waals surface area contributed by atoms with Crippen LogP contribution in [0.3, 0.4) is 0 Å². The zero-order valence-electron chi connectivity index (χ0n) is 11.7. The Morgan fingerprint density at radius 1 is 1.21 bits per heavy atom. The molecule has 1 N–H and O–H groups in total. The Kier molecular flexibility index (Phi) is 3.92. The van der Waals surface area contributed by atoms with Crippen LogP contribution in [-0.2, 0) is 6.54 Å². The van der Waals surface area contributed by atoms with E-state index in [1.807, 2.05) is 12.1 Å². The molecule has 3 nitrogen and oxygen atoms in total. The van der Waals surface area contributed by atoms with Crippen molar-refractivity contribution in [2.45, 2.75) is 51.6 Å². The van der Waals surface area contributed by atoms with Crippen LogP contribution in [0.1, 0.15) is 44.6 Å². The highest BCUT2D eigenvalue weighted by molar-refractivity contribution is 5.48. The first-order chi connectivity index (χ1) is 9.38. The molecule has 1 aliphatic carbocycles. The number of fused-ring (bicyclic) bond motifs is 1. The van der Waals surface area contributed by atoms with Crippen LogP contribution in [0, 0.1) is 5.92 Å². The lowest BCUT2D eigenvalue weighted by molar-refractivity contribution is 0.173. The van der Waals surface area contributed by atoms with Crippen molar-refractivity contribution in [1.29, 1.82) is 0 Å². The molecule has 0 radical (unpaired) electrons. The summed E-state index contributed by atoms with van der Waals surface area (Å²) in [6.45, 7) is 3.54. The van der Waals surface area contributed by atoms with E-state index in [9.17, 15) is 0 Å². The molecule has 1 saturated carbocycles. The summed E-state index contributed by atoms with van der Waals surface area (Å²) in [7, 11) is 0. The number of para-hydroxylation sites is 1. The Hall–Kier alpha value is -1.22. The van der Waals surface area contributed by atoms with Gasteiger partial charge >= 0.3 is 0 Å². The van der Waals surface area contributed by atoms with Crippen molar-refractivity contribution in [2.75, 3.05) is 6.79 Å². The predicted octanol–water partition coefficient (Wildman–Crippen LogP) is 3.47. The second-order valence-electron chi connectivity index (χ2n) is 5.59. The van der Waals surface area contributed by atoms with Crippen molar-refractivity contribution >= 4 is 0 Å². The van der Waals surface area contributed by atoms with Gasteiger partial charge in [0.1, 0.15) is 0 Å². The molecule has 3 rings (SSSR count). The molecule has 0 spiro atoms. The van der Waals surface area contributed by atoms with Gasteiger partial charge in [0.2, 0.25) is 6.79 Å². The van der Waals surface area contributed by atoms with Gasteiger partial charge in [-0.2, -0.15) is 0 Å². The van der Waals surface area contributed by atoms with Crippen molar-refractivity contribution in [3.8, 4) is 11.5 Å². The summed E-state index contributed by atoms with van der Waals surface area (Å²) in [5.74, 6) is 2.65. The first kappa shape index (κ1) is 12.8. The van der Waals surface area contributed by atoms with Gasteiger partial charge in [0.15, 0.2) is 11.5 Å². The summed E-state index contributed by atoms with van der Waals surface area (Å²) in [5, 5.41) is 3.73. The number of rotatable bonds is 4. The summed E-state index contributed by atoms with van der Waals surface area (Å²) >= 11 is 0. The Morgan fingerprint density at radius 3 is 3.00 bits per heavy atom. The maximum atomic E-state index is 5.56. The summed E-state index contributed by atoms with van der Waals surface area (Å²) in [6, 6.07) is 6.81. The molecule has 3 heteroatoms. The van der Waals surface area contributed by atoms with E-state index in [1.54, 1.807) is 0 Å². The fraction of sp³-hybridized carbons (Fsp3) is 0.625. The predicted molar refractivity (Wildman–Crippen MR) is 75.4 cm³/mol. The lowest BCUT2D eigenvalue weighted by Crippen LogP contribution is -2.37. The molecule has 19 heavy (non-hydrogen) atoms. The molecule has 1 aromatic carbocycles. The maximum Gasteiger partial charge on any atom is 0.231 e. The normalized spacial score (nSPS) is 25.5. The van der Waals surface area contributed by atoms with Gasteiger partial charge in [-0.25, -0.2) is 0 Å². The van der Waals surface area contributed by atoms with Gasteiger partial charge in [-0.05, 0) is 24.8 Å². The third-order valence-electron chi connectivity index (χ3n) is 4.47. The molecule has 0 saturated heterocycles. The van der Waals surface area contributed by atoms with Gasteiger partial charge in [0.05, 0.1) is 0 Å². The number of hydrogen-bond donors (Lipinski definition) is 1. The molecule has 0 aromatic heterocycles. The Morgan fingerprint density at radius 2 is 2.11 bits per heavy atom. The van der Waals surface area contributed by atoms with Crippen molar-refractivity contribution in [3.63, 3.8) is 0 Å². The highest BCUT2D eigenvalue weighted by atomic mass is 16.7. The van der Waals surface area contributed by atoms with Gasteiger partial charge in [-0.1, -0.05) is 38.3 Å². The number of benzene rings is 1. The molecule has 0 amide bonds. The molecule has 2 aliphatic rings. The minimum Gasteiger partial charge on any atom is -0.454 e. The van der Waals surface area contributed by atoms with Gasteiger partial charge in [0.25, 0.3) is 0 Å². The van der Waals surface area contributed by atoms with Crippen LogP contribution in [0.15, 0.2) is 18.2 Å². The van der Waals surface area contributed by atoms with Crippen LogP contribution in [0.2, 0.25) is 0 Å². The van der Waals surface area contributed by atoms with E-state index in [0.717, 1.165) is 24.0 Å². The minimum atomic E-state index is 0.355. The number of hydrogen-bond acceptors (Lipinski definition) is 3. The average Bonchev–Trinajstić information content (AvgIpc) is 2.94. The van der Waals surface area contributed by atoms with Gasteiger partial charge in [-0.15, -0.1) is 0 Å². The quantitative estimate of drug-likeness (QED) is 0.900. The van der Waals surface area contributed by atoms with Crippen LogP contribution in [-0.4, -0.2) is 12.8 Å². The van der Waals surface area contributed by atoms with E-state index in [4.69, 9.17) is 9.47 Å². The van der Waals surface area contributed by atoms with Gasteiger partial charge < -0.3 is 14.8 Å². The SMILES string of the molecule is CCC1CCCCC1NCc1cccc2c1OCO2. The fourth-order valence-corrected chi connectivity index (χ4v) is 3.34. The average molecular weight is 261 g/mol. The molecule has 1 heterocycles. The minimum absolute atomic E-state index is 0.355. The molecule has 1 fully saturated rings. The van der Waals surface area contributed by atoms with Crippen LogP contribution < -0.4 is 14.8 Å². The summed E-state index contributed by atoms with van der Waals surface area (Å²) < 4.78 is 11.0. The lowest BCUT2D eigenvalue weighted by Gasteiger charge is -2.31. The van der Waals surface area contributed by atoms with Crippen LogP contribution in [0.5, 0.6) is 11.5 Å². The molecule has 2 atom stereocenters. The van der Waals surface area contributed by atoms with Crippen molar-refractivity contribution in [1.82, 2.24) is 5.32 Å². The van der Waals surface area contributed by atoms with Gasteiger partial charge in [-0.3, -0.25) is 0 Å². The molecule has 1 aromatic rings.